The molecule has 128 valence electrons. The number of ether oxygens (including phenoxy) is 2. The molecule has 1 aromatic rings. The van der Waals surface area contributed by atoms with Gasteiger partial charge in [-0.1, -0.05) is 25.5 Å². The third-order valence-corrected chi connectivity index (χ3v) is 5.05. The standard InChI is InChI=1S/C19H29NO3/c1-5-17(15-8-10-16(23-4)11-9-15)20(6-2)18(21)19(14-22-3)12-7-13-19/h8-11,17H,5-7,12-14H2,1-4H3/t17-/m0/s1. The molecule has 1 fully saturated rings. The predicted molar refractivity (Wildman–Crippen MR) is 91.6 cm³/mol. The van der Waals surface area contributed by atoms with Gasteiger partial charge in [0.15, 0.2) is 0 Å². The van der Waals surface area contributed by atoms with E-state index in [4.69, 9.17) is 9.47 Å². The minimum absolute atomic E-state index is 0.104. The van der Waals surface area contributed by atoms with Crippen LogP contribution in [0.3, 0.4) is 0 Å². The minimum atomic E-state index is -0.301. The Balaban J connectivity index is 2.23. The molecule has 0 aromatic heterocycles. The Bertz CT molecular complexity index is 508. The van der Waals surface area contributed by atoms with Gasteiger partial charge in [-0.3, -0.25) is 4.79 Å². The molecular weight excluding hydrogens is 290 g/mol. The highest BCUT2D eigenvalue weighted by Gasteiger charge is 2.47. The minimum Gasteiger partial charge on any atom is -0.497 e. The highest BCUT2D eigenvalue weighted by Crippen LogP contribution is 2.44. The number of methoxy groups -OCH3 is 2. The van der Waals surface area contributed by atoms with Gasteiger partial charge in [-0.05, 0) is 43.9 Å². The second-order valence-electron chi connectivity index (χ2n) is 6.36. The van der Waals surface area contributed by atoms with Crippen molar-refractivity contribution in [3.05, 3.63) is 29.8 Å². The lowest BCUT2D eigenvalue weighted by atomic mass is 9.68. The topological polar surface area (TPSA) is 38.8 Å². The first-order valence-corrected chi connectivity index (χ1v) is 8.55. The van der Waals surface area contributed by atoms with Crippen molar-refractivity contribution in [1.29, 1.82) is 0 Å². The zero-order valence-electron chi connectivity index (χ0n) is 14.8. The number of benzene rings is 1. The lowest BCUT2D eigenvalue weighted by Crippen LogP contribution is -2.51. The summed E-state index contributed by atoms with van der Waals surface area (Å²) in [6.07, 6.45) is 3.89. The predicted octanol–water partition coefficient (Wildman–Crippen LogP) is 3.81. The maximum absolute atomic E-state index is 13.2. The molecule has 0 bridgehead atoms. The van der Waals surface area contributed by atoms with Gasteiger partial charge in [0.25, 0.3) is 0 Å². The van der Waals surface area contributed by atoms with Crippen LogP contribution >= 0.6 is 0 Å². The van der Waals surface area contributed by atoms with Gasteiger partial charge in [-0.2, -0.15) is 0 Å². The van der Waals surface area contributed by atoms with Crippen molar-refractivity contribution in [2.45, 2.75) is 45.6 Å². The number of carbonyl (C=O) groups excluding carboxylic acids is 1. The number of carbonyl (C=O) groups is 1. The van der Waals surface area contributed by atoms with Crippen molar-refractivity contribution < 1.29 is 14.3 Å². The summed E-state index contributed by atoms with van der Waals surface area (Å²) in [7, 11) is 3.35. The normalized spacial score (nSPS) is 17.2. The molecular formula is C19H29NO3. The molecule has 1 aliphatic carbocycles. The number of amides is 1. The number of hydrogen-bond donors (Lipinski definition) is 0. The van der Waals surface area contributed by atoms with Gasteiger partial charge in [0, 0.05) is 13.7 Å². The third-order valence-electron chi connectivity index (χ3n) is 5.05. The molecule has 4 heteroatoms. The van der Waals surface area contributed by atoms with Crippen molar-refractivity contribution in [2.24, 2.45) is 5.41 Å². The maximum Gasteiger partial charge on any atom is 0.231 e. The van der Waals surface area contributed by atoms with Crippen molar-refractivity contribution in [3.8, 4) is 5.75 Å². The Morgan fingerprint density at radius 1 is 1.22 bits per heavy atom. The summed E-state index contributed by atoms with van der Waals surface area (Å²) in [5.74, 6) is 1.09. The third kappa shape index (κ3) is 3.52. The zero-order chi connectivity index (χ0) is 16.9. The van der Waals surface area contributed by atoms with E-state index in [1.807, 2.05) is 17.0 Å². The van der Waals surface area contributed by atoms with E-state index in [0.717, 1.165) is 43.5 Å². The van der Waals surface area contributed by atoms with Gasteiger partial charge in [0.05, 0.1) is 25.2 Å². The summed E-state index contributed by atoms with van der Waals surface area (Å²) in [5.41, 5.74) is 0.861. The smallest absolute Gasteiger partial charge is 0.231 e. The van der Waals surface area contributed by atoms with Crippen molar-refractivity contribution in [2.75, 3.05) is 27.4 Å². The van der Waals surface area contributed by atoms with Crippen molar-refractivity contribution >= 4 is 5.91 Å². The van der Waals surface area contributed by atoms with Crippen molar-refractivity contribution in [1.82, 2.24) is 4.90 Å². The monoisotopic (exact) mass is 319 g/mol. The van der Waals surface area contributed by atoms with Crippen LogP contribution in [0.4, 0.5) is 0 Å². The van der Waals surface area contributed by atoms with Crippen LogP contribution in [0.15, 0.2) is 24.3 Å². The Morgan fingerprint density at radius 2 is 1.87 bits per heavy atom. The van der Waals surface area contributed by atoms with Crippen LogP contribution in [0.25, 0.3) is 0 Å². The maximum atomic E-state index is 13.2. The molecule has 0 radical (unpaired) electrons. The average Bonchev–Trinajstić information content (AvgIpc) is 2.55. The van der Waals surface area contributed by atoms with E-state index >= 15 is 0 Å². The van der Waals surface area contributed by atoms with Gasteiger partial charge in [-0.25, -0.2) is 0 Å². The van der Waals surface area contributed by atoms with Crippen molar-refractivity contribution in [3.63, 3.8) is 0 Å². The van der Waals surface area contributed by atoms with Crippen LogP contribution in [0.1, 0.15) is 51.1 Å². The highest BCUT2D eigenvalue weighted by molar-refractivity contribution is 5.84. The van der Waals surface area contributed by atoms with Crippen LogP contribution in [-0.2, 0) is 9.53 Å². The molecule has 0 N–H and O–H groups in total. The first-order chi connectivity index (χ1) is 11.1. The molecule has 1 amide bonds. The van der Waals surface area contributed by atoms with Gasteiger partial charge in [0.1, 0.15) is 5.75 Å². The fourth-order valence-corrected chi connectivity index (χ4v) is 3.57. The lowest BCUT2D eigenvalue weighted by Gasteiger charge is -2.45. The zero-order valence-corrected chi connectivity index (χ0v) is 14.8. The highest BCUT2D eigenvalue weighted by atomic mass is 16.5. The van der Waals surface area contributed by atoms with Crippen LogP contribution < -0.4 is 4.74 Å². The number of nitrogens with zero attached hydrogens (tertiary/aromatic N) is 1. The van der Waals surface area contributed by atoms with Gasteiger partial charge in [-0.15, -0.1) is 0 Å². The summed E-state index contributed by atoms with van der Waals surface area (Å²) >= 11 is 0. The molecule has 0 aliphatic heterocycles. The largest absolute Gasteiger partial charge is 0.497 e. The fraction of sp³-hybridized carbons (Fsp3) is 0.632. The molecule has 1 saturated carbocycles. The molecule has 1 aliphatic rings. The summed E-state index contributed by atoms with van der Waals surface area (Å²) in [4.78, 5) is 15.2. The van der Waals surface area contributed by atoms with Crippen LogP contribution in [0.5, 0.6) is 5.75 Å². The van der Waals surface area contributed by atoms with Crippen LogP contribution in [-0.4, -0.2) is 38.2 Å². The first-order valence-electron chi connectivity index (χ1n) is 8.55. The van der Waals surface area contributed by atoms with E-state index in [9.17, 15) is 4.79 Å². The second-order valence-corrected chi connectivity index (χ2v) is 6.36. The lowest BCUT2D eigenvalue weighted by molar-refractivity contribution is -0.154. The Labute approximate surface area is 139 Å². The molecule has 0 unspecified atom stereocenters. The molecule has 1 aromatic carbocycles. The molecule has 0 heterocycles. The number of rotatable bonds is 8. The molecule has 2 rings (SSSR count). The first kappa shape index (κ1) is 17.8. The quantitative estimate of drug-likeness (QED) is 0.731. The SMILES string of the molecule is CC[C@@H](c1ccc(OC)cc1)N(CC)C(=O)C1(COC)CCC1. The molecule has 0 spiro atoms. The summed E-state index contributed by atoms with van der Waals surface area (Å²) in [6, 6.07) is 8.15. The average molecular weight is 319 g/mol. The summed E-state index contributed by atoms with van der Waals surface area (Å²) in [6.45, 7) is 5.44. The number of hydrogen-bond acceptors (Lipinski definition) is 3. The van der Waals surface area contributed by atoms with E-state index in [1.165, 1.54) is 0 Å². The molecule has 1 atom stereocenters. The van der Waals surface area contributed by atoms with E-state index in [1.54, 1.807) is 14.2 Å². The van der Waals surface area contributed by atoms with E-state index in [0.29, 0.717) is 6.61 Å². The van der Waals surface area contributed by atoms with Gasteiger partial charge in [0.2, 0.25) is 5.91 Å². The molecule has 0 saturated heterocycles. The fourth-order valence-electron chi connectivity index (χ4n) is 3.57. The molecule has 4 nitrogen and oxygen atoms in total. The van der Waals surface area contributed by atoms with Gasteiger partial charge >= 0.3 is 0 Å². The summed E-state index contributed by atoms with van der Waals surface area (Å²) in [5, 5.41) is 0. The van der Waals surface area contributed by atoms with E-state index in [-0.39, 0.29) is 17.4 Å². The Kier molecular flexibility index (Phi) is 6.05. The summed E-state index contributed by atoms with van der Waals surface area (Å²) < 4.78 is 10.6. The molecule has 23 heavy (non-hydrogen) atoms. The van der Waals surface area contributed by atoms with E-state index in [2.05, 4.69) is 26.0 Å². The Morgan fingerprint density at radius 3 is 2.26 bits per heavy atom. The second kappa shape index (κ2) is 7.82. The van der Waals surface area contributed by atoms with Crippen LogP contribution in [0, 0.1) is 5.41 Å². The van der Waals surface area contributed by atoms with E-state index < -0.39 is 0 Å². The Hall–Kier alpha value is -1.55. The van der Waals surface area contributed by atoms with Gasteiger partial charge < -0.3 is 14.4 Å². The van der Waals surface area contributed by atoms with Crippen LogP contribution in [0.2, 0.25) is 0 Å².